The molecule has 2 N–H and O–H groups in total. The van der Waals surface area contributed by atoms with Crippen molar-refractivity contribution in [3.05, 3.63) is 106 Å². The van der Waals surface area contributed by atoms with Crippen LogP contribution in [0.1, 0.15) is 22.4 Å². The number of anilines is 1. The Bertz CT molecular complexity index is 1480. The van der Waals surface area contributed by atoms with Gasteiger partial charge < -0.3 is 10.1 Å². The van der Waals surface area contributed by atoms with E-state index in [1.165, 1.54) is 29.1 Å². The summed E-state index contributed by atoms with van der Waals surface area (Å²) >= 11 is 6.05. The Morgan fingerprint density at radius 2 is 1.82 bits per heavy atom. The minimum atomic E-state index is -4.90. The van der Waals surface area contributed by atoms with E-state index in [2.05, 4.69) is 25.5 Å². The molecule has 0 saturated carbocycles. The number of hydrogen-bond acceptors (Lipinski definition) is 4. The number of nitrogens with one attached hydrogen (secondary N) is 2. The molecule has 1 atom stereocenters. The van der Waals surface area contributed by atoms with Crippen LogP contribution in [0.2, 0.25) is 5.02 Å². The van der Waals surface area contributed by atoms with Gasteiger partial charge in [-0.2, -0.15) is 22.7 Å². The zero-order valence-electron chi connectivity index (χ0n) is 21.1. The van der Waals surface area contributed by atoms with E-state index < -0.39 is 35.7 Å². The number of nitrogens with zero attached hydrogens (tertiary/aromatic N) is 3. The van der Waals surface area contributed by atoms with E-state index in [9.17, 15) is 26.7 Å². The average Bonchev–Trinajstić information content (AvgIpc) is 3.28. The SMILES string of the molecule is Cc1ccc(C[C@](NC(=O)Nc2ccn(C)n2)(c2cc(F)cc(OC(F)(F)C(F)F)c2)c2ccc(Cl)cn2)cc1. The van der Waals surface area contributed by atoms with Gasteiger partial charge in [-0.25, -0.2) is 9.18 Å². The second-order valence-electron chi connectivity index (χ2n) is 9.02. The average molecular weight is 580 g/mol. The molecule has 0 fully saturated rings. The third kappa shape index (κ3) is 6.68. The number of urea groups is 1. The van der Waals surface area contributed by atoms with Crippen LogP contribution in [0.15, 0.2) is 73.1 Å². The maximum atomic E-state index is 14.9. The van der Waals surface area contributed by atoms with Crippen molar-refractivity contribution in [2.75, 3.05) is 5.32 Å². The fraction of sp³-hybridized carbons (Fsp3) is 0.222. The van der Waals surface area contributed by atoms with E-state index in [1.54, 1.807) is 25.4 Å². The van der Waals surface area contributed by atoms with Crippen molar-refractivity contribution in [1.82, 2.24) is 20.1 Å². The molecule has 0 aliphatic heterocycles. The molecule has 0 saturated heterocycles. The van der Waals surface area contributed by atoms with Crippen molar-refractivity contribution >= 4 is 23.4 Å². The maximum absolute atomic E-state index is 14.9. The number of rotatable bonds is 9. The molecule has 40 heavy (non-hydrogen) atoms. The molecule has 210 valence electrons. The second kappa shape index (κ2) is 11.5. The topological polar surface area (TPSA) is 81.1 Å². The Morgan fingerprint density at radius 1 is 1.10 bits per heavy atom. The fourth-order valence-electron chi connectivity index (χ4n) is 4.05. The second-order valence-corrected chi connectivity index (χ2v) is 9.46. The number of carbonyl (C=O) groups is 1. The number of pyridine rings is 1. The van der Waals surface area contributed by atoms with Gasteiger partial charge in [-0.15, -0.1) is 0 Å². The van der Waals surface area contributed by atoms with E-state index >= 15 is 0 Å². The highest BCUT2D eigenvalue weighted by molar-refractivity contribution is 6.30. The Balaban J connectivity index is 1.89. The molecule has 7 nitrogen and oxygen atoms in total. The number of halogens is 6. The molecule has 4 aromatic rings. The molecular weight excluding hydrogens is 557 g/mol. The van der Waals surface area contributed by atoms with Crippen molar-refractivity contribution in [1.29, 1.82) is 0 Å². The highest BCUT2D eigenvalue weighted by Crippen LogP contribution is 2.37. The number of amides is 2. The zero-order valence-corrected chi connectivity index (χ0v) is 21.9. The minimum Gasteiger partial charge on any atom is -0.428 e. The molecule has 2 aromatic carbocycles. The number of benzene rings is 2. The van der Waals surface area contributed by atoms with Crippen LogP contribution >= 0.6 is 11.6 Å². The molecular formula is C27H23ClF5N5O2. The minimum absolute atomic E-state index is 0.0638. The van der Waals surface area contributed by atoms with Crippen LogP contribution in [0.4, 0.5) is 32.6 Å². The lowest BCUT2D eigenvalue weighted by Gasteiger charge is -2.35. The summed E-state index contributed by atoms with van der Waals surface area (Å²) in [6, 6.07) is 13.3. The molecule has 0 bridgehead atoms. The number of ether oxygens (including phenoxy) is 1. The summed E-state index contributed by atoms with van der Waals surface area (Å²) in [7, 11) is 1.64. The van der Waals surface area contributed by atoms with Gasteiger partial charge in [0.2, 0.25) is 0 Å². The molecule has 2 amide bonds. The molecule has 4 rings (SSSR count). The van der Waals surface area contributed by atoms with Crippen LogP contribution in [-0.4, -0.2) is 33.3 Å². The monoisotopic (exact) mass is 579 g/mol. The Hall–Kier alpha value is -4.19. The van der Waals surface area contributed by atoms with E-state index in [0.717, 1.165) is 17.7 Å². The number of aromatic nitrogens is 3. The normalized spacial score (nSPS) is 13.1. The van der Waals surface area contributed by atoms with Crippen molar-refractivity contribution in [3.8, 4) is 5.75 Å². The Morgan fingerprint density at radius 3 is 2.42 bits per heavy atom. The zero-order chi connectivity index (χ0) is 29.1. The fourth-order valence-corrected chi connectivity index (χ4v) is 4.17. The number of hydrogen-bond donors (Lipinski definition) is 2. The molecule has 2 heterocycles. The summed E-state index contributed by atoms with van der Waals surface area (Å²) in [6.45, 7) is 1.87. The summed E-state index contributed by atoms with van der Waals surface area (Å²) < 4.78 is 73.9. The predicted molar refractivity (Wildman–Crippen MR) is 138 cm³/mol. The van der Waals surface area contributed by atoms with E-state index in [4.69, 9.17) is 11.6 Å². The van der Waals surface area contributed by atoms with E-state index in [-0.39, 0.29) is 28.5 Å². The van der Waals surface area contributed by atoms with E-state index in [0.29, 0.717) is 11.6 Å². The van der Waals surface area contributed by atoms with Crippen molar-refractivity contribution in [2.24, 2.45) is 7.05 Å². The molecule has 0 spiro atoms. The molecule has 13 heteroatoms. The molecule has 0 aliphatic carbocycles. The van der Waals surface area contributed by atoms with Crippen LogP contribution < -0.4 is 15.4 Å². The summed E-state index contributed by atoms with van der Waals surface area (Å²) in [4.78, 5) is 17.7. The first-order chi connectivity index (χ1) is 18.9. The van der Waals surface area contributed by atoms with Gasteiger partial charge in [-0.1, -0.05) is 41.4 Å². The summed E-state index contributed by atoms with van der Waals surface area (Å²) in [5.41, 5.74) is -0.121. The first-order valence-electron chi connectivity index (χ1n) is 11.8. The summed E-state index contributed by atoms with van der Waals surface area (Å²) in [5, 5.41) is 9.70. The van der Waals surface area contributed by atoms with Crippen LogP contribution in [0.25, 0.3) is 0 Å². The lowest BCUT2D eigenvalue weighted by atomic mass is 9.80. The Kier molecular flexibility index (Phi) is 8.29. The molecule has 0 radical (unpaired) electrons. The number of aryl methyl sites for hydroxylation is 2. The maximum Gasteiger partial charge on any atom is 0.461 e. The van der Waals surface area contributed by atoms with E-state index in [1.807, 2.05) is 19.1 Å². The highest BCUT2D eigenvalue weighted by Gasteiger charge is 2.45. The van der Waals surface area contributed by atoms with Gasteiger partial charge in [0.1, 0.15) is 17.1 Å². The summed E-state index contributed by atoms with van der Waals surface area (Å²) in [6.07, 6.45) is -6.24. The van der Waals surface area contributed by atoms with Crippen LogP contribution in [0.5, 0.6) is 5.75 Å². The van der Waals surface area contributed by atoms with Crippen molar-refractivity contribution < 1.29 is 31.5 Å². The van der Waals surface area contributed by atoms with Gasteiger partial charge in [-0.05, 0) is 42.3 Å². The summed E-state index contributed by atoms with van der Waals surface area (Å²) in [5.74, 6) is -1.77. The molecule has 2 aromatic heterocycles. The van der Waals surface area contributed by atoms with Crippen LogP contribution in [0, 0.1) is 12.7 Å². The van der Waals surface area contributed by atoms with Gasteiger partial charge in [0.15, 0.2) is 5.82 Å². The van der Waals surface area contributed by atoms with Crippen LogP contribution in [0.3, 0.4) is 0 Å². The predicted octanol–water partition coefficient (Wildman–Crippen LogP) is 6.46. The van der Waals surface area contributed by atoms with Crippen LogP contribution in [-0.2, 0) is 19.0 Å². The number of carbonyl (C=O) groups excluding carboxylic acids is 1. The van der Waals surface area contributed by atoms with Crippen molar-refractivity contribution in [2.45, 2.75) is 31.4 Å². The molecule has 0 aliphatic rings. The van der Waals surface area contributed by atoms with Gasteiger partial charge in [0.05, 0.1) is 10.7 Å². The smallest absolute Gasteiger partial charge is 0.428 e. The Labute approximate surface area is 230 Å². The quantitative estimate of drug-likeness (QED) is 0.223. The van der Waals surface area contributed by atoms with Gasteiger partial charge in [-0.3, -0.25) is 15.0 Å². The largest absolute Gasteiger partial charge is 0.461 e. The number of alkyl halides is 4. The van der Waals surface area contributed by atoms with Gasteiger partial charge in [0.25, 0.3) is 0 Å². The lowest BCUT2D eigenvalue weighted by Crippen LogP contribution is -2.50. The third-order valence-electron chi connectivity index (χ3n) is 5.91. The standard InChI is InChI=1S/C27H23ClF5N5O2/c1-16-3-5-17(6-4-16)14-26(22-8-7-19(28)15-34-22,36-25(39)35-23-9-10-38(2)37-23)18-11-20(29)13-21(12-18)40-27(32,33)24(30)31/h3-13,15,24H,14H2,1-2H3,(H2,35,36,37,39)/t26-/m0/s1. The van der Waals surface area contributed by atoms with Gasteiger partial charge >= 0.3 is 18.6 Å². The molecule has 0 unspecified atom stereocenters. The first-order valence-corrected chi connectivity index (χ1v) is 12.2. The highest BCUT2D eigenvalue weighted by atomic mass is 35.5. The first kappa shape index (κ1) is 28.8. The van der Waals surface area contributed by atoms with Gasteiger partial charge in [0, 0.05) is 38.0 Å². The lowest BCUT2D eigenvalue weighted by molar-refractivity contribution is -0.253. The van der Waals surface area contributed by atoms with Crippen molar-refractivity contribution in [3.63, 3.8) is 0 Å². The third-order valence-corrected chi connectivity index (χ3v) is 6.13.